The van der Waals surface area contributed by atoms with Crippen molar-refractivity contribution < 1.29 is 9.59 Å². The second-order valence-corrected chi connectivity index (χ2v) is 4.85. The lowest BCUT2D eigenvalue weighted by molar-refractivity contribution is -0.119. The van der Waals surface area contributed by atoms with Gasteiger partial charge in [0.25, 0.3) is 0 Å². The fraction of sp³-hybridized carbons (Fsp3) is 0.429. The molecule has 0 radical (unpaired) electrons. The van der Waals surface area contributed by atoms with Crippen LogP contribution in [0.5, 0.6) is 0 Å². The van der Waals surface area contributed by atoms with Gasteiger partial charge in [0.15, 0.2) is 5.78 Å². The van der Waals surface area contributed by atoms with E-state index in [1.54, 1.807) is 6.92 Å². The Bertz CT molecular complexity index is 502. The number of nitrogens with zero attached hydrogens (tertiary/aromatic N) is 1. The molecule has 0 saturated heterocycles. The zero-order valence-electron chi connectivity index (χ0n) is 9.95. The monoisotopic (exact) mass is 229 g/mol. The van der Waals surface area contributed by atoms with Crippen LogP contribution in [0.25, 0.3) is 0 Å². The minimum absolute atomic E-state index is 0.109. The number of carbonyl (C=O) groups excluding carboxylic acids is 2. The smallest absolute Gasteiger partial charge is 0.227 e. The lowest BCUT2D eigenvalue weighted by atomic mass is 9.89. The molecule has 0 N–H and O–H groups in total. The van der Waals surface area contributed by atoms with Gasteiger partial charge in [-0.15, -0.1) is 0 Å². The van der Waals surface area contributed by atoms with E-state index in [0.29, 0.717) is 6.42 Å². The molecule has 2 heterocycles. The minimum atomic E-state index is 0.109. The van der Waals surface area contributed by atoms with Gasteiger partial charge in [-0.1, -0.05) is 0 Å². The third-order valence-corrected chi connectivity index (χ3v) is 3.68. The molecule has 1 aromatic rings. The number of hydrogen-bond donors (Lipinski definition) is 0. The van der Waals surface area contributed by atoms with Crippen molar-refractivity contribution in [1.82, 2.24) is 0 Å². The normalized spacial score (nSPS) is 17.9. The van der Waals surface area contributed by atoms with Crippen molar-refractivity contribution in [2.75, 3.05) is 11.4 Å². The molecule has 0 fully saturated rings. The molecule has 0 bridgehead atoms. The average Bonchev–Trinajstić information content (AvgIpc) is 2.33. The maximum Gasteiger partial charge on any atom is 0.227 e. The predicted molar refractivity (Wildman–Crippen MR) is 65.4 cm³/mol. The van der Waals surface area contributed by atoms with Crippen molar-refractivity contribution in [3.8, 4) is 0 Å². The van der Waals surface area contributed by atoms with Crippen molar-refractivity contribution in [2.45, 2.75) is 32.6 Å². The fourth-order valence-corrected chi connectivity index (χ4v) is 2.86. The third-order valence-electron chi connectivity index (χ3n) is 3.68. The second-order valence-electron chi connectivity index (χ2n) is 4.85. The van der Waals surface area contributed by atoms with Gasteiger partial charge in [0.05, 0.1) is 5.69 Å². The summed E-state index contributed by atoms with van der Waals surface area (Å²) in [5, 5.41) is 0. The highest BCUT2D eigenvalue weighted by Crippen LogP contribution is 2.36. The van der Waals surface area contributed by atoms with E-state index in [0.717, 1.165) is 37.1 Å². The van der Waals surface area contributed by atoms with Gasteiger partial charge in [0, 0.05) is 18.5 Å². The van der Waals surface area contributed by atoms with Crippen LogP contribution >= 0.6 is 0 Å². The van der Waals surface area contributed by atoms with Gasteiger partial charge in [-0.3, -0.25) is 9.59 Å². The van der Waals surface area contributed by atoms with Crippen LogP contribution in [0.1, 0.15) is 41.3 Å². The summed E-state index contributed by atoms with van der Waals surface area (Å²) < 4.78 is 0. The molecular formula is C14H15NO2. The molecule has 0 aromatic heterocycles. The summed E-state index contributed by atoms with van der Waals surface area (Å²) in [6.45, 7) is 2.43. The molecule has 3 nitrogen and oxygen atoms in total. The number of carbonyl (C=O) groups is 2. The largest absolute Gasteiger partial charge is 0.312 e. The Kier molecular flexibility index (Phi) is 2.28. The van der Waals surface area contributed by atoms with Crippen LogP contribution in [0.3, 0.4) is 0 Å². The number of amides is 1. The Balaban J connectivity index is 2.20. The van der Waals surface area contributed by atoms with Gasteiger partial charge in [-0.2, -0.15) is 0 Å². The SMILES string of the molecule is CC(=O)c1cc2c3c(c1)CCC(=O)N3CCC2. The Labute approximate surface area is 100 Å². The van der Waals surface area contributed by atoms with Gasteiger partial charge in [0.2, 0.25) is 5.91 Å². The first-order valence-corrected chi connectivity index (χ1v) is 6.14. The first-order chi connectivity index (χ1) is 8.16. The van der Waals surface area contributed by atoms with E-state index < -0.39 is 0 Å². The molecule has 0 spiro atoms. The van der Waals surface area contributed by atoms with Gasteiger partial charge < -0.3 is 4.90 Å². The molecule has 88 valence electrons. The van der Waals surface area contributed by atoms with E-state index in [-0.39, 0.29) is 11.7 Å². The van der Waals surface area contributed by atoms with Crippen LogP contribution in [0.2, 0.25) is 0 Å². The maximum atomic E-state index is 11.9. The first kappa shape index (κ1) is 10.5. The molecule has 0 unspecified atom stereocenters. The highest BCUT2D eigenvalue weighted by molar-refractivity contribution is 6.00. The van der Waals surface area contributed by atoms with E-state index in [1.807, 2.05) is 17.0 Å². The van der Waals surface area contributed by atoms with E-state index in [9.17, 15) is 9.59 Å². The second kappa shape index (κ2) is 3.69. The quantitative estimate of drug-likeness (QED) is 0.692. The van der Waals surface area contributed by atoms with Crippen LogP contribution in [0.15, 0.2) is 12.1 Å². The number of aryl methyl sites for hydroxylation is 2. The lowest BCUT2D eigenvalue weighted by Gasteiger charge is -2.35. The van der Waals surface area contributed by atoms with Gasteiger partial charge in [-0.05, 0) is 49.4 Å². The van der Waals surface area contributed by atoms with Crippen molar-refractivity contribution in [3.63, 3.8) is 0 Å². The van der Waals surface area contributed by atoms with Gasteiger partial charge >= 0.3 is 0 Å². The maximum absolute atomic E-state index is 11.9. The number of hydrogen-bond acceptors (Lipinski definition) is 2. The van der Waals surface area contributed by atoms with Crippen LogP contribution in [0, 0.1) is 0 Å². The molecular weight excluding hydrogens is 214 g/mol. The minimum Gasteiger partial charge on any atom is -0.312 e. The van der Waals surface area contributed by atoms with Gasteiger partial charge in [-0.25, -0.2) is 0 Å². The van der Waals surface area contributed by atoms with Crippen LogP contribution in [-0.2, 0) is 17.6 Å². The standard InChI is InChI=1S/C14H15NO2/c1-9(16)12-7-10-3-2-6-15-13(17)5-4-11(8-12)14(10)15/h7-8H,2-6H2,1H3. The van der Waals surface area contributed by atoms with Crippen LogP contribution in [0.4, 0.5) is 5.69 Å². The Morgan fingerprint density at radius 2 is 1.88 bits per heavy atom. The fourth-order valence-electron chi connectivity index (χ4n) is 2.86. The van der Waals surface area contributed by atoms with E-state index in [4.69, 9.17) is 0 Å². The summed E-state index contributed by atoms with van der Waals surface area (Å²) in [5.74, 6) is 0.340. The molecule has 0 aliphatic carbocycles. The first-order valence-electron chi connectivity index (χ1n) is 6.14. The molecule has 2 aliphatic heterocycles. The molecule has 0 saturated carbocycles. The number of benzene rings is 1. The highest BCUT2D eigenvalue weighted by atomic mass is 16.2. The number of rotatable bonds is 1. The Hall–Kier alpha value is -1.64. The molecule has 2 aliphatic rings. The van der Waals surface area contributed by atoms with Crippen LogP contribution in [-0.4, -0.2) is 18.2 Å². The summed E-state index contributed by atoms with van der Waals surface area (Å²) in [6.07, 6.45) is 3.33. The van der Waals surface area contributed by atoms with Gasteiger partial charge in [0.1, 0.15) is 0 Å². The van der Waals surface area contributed by atoms with E-state index in [2.05, 4.69) is 0 Å². The van der Waals surface area contributed by atoms with E-state index >= 15 is 0 Å². The number of Topliss-reactive ketones (excluding diaryl/α,β-unsaturated/α-hetero) is 1. The van der Waals surface area contributed by atoms with Crippen molar-refractivity contribution in [3.05, 3.63) is 28.8 Å². The summed E-state index contributed by atoms with van der Waals surface area (Å²) >= 11 is 0. The molecule has 17 heavy (non-hydrogen) atoms. The highest BCUT2D eigenvalue weighted by Gasteiger charge is 2.29. The van der Waals surface area contributed by atoms with Crippen molar-refractivity contribution >= 4 is 17.4 Å². The number of ketones is 1. The molecule has 0 atom stereocenters. The molecule has 1 aromatic carbocycles. The number of anilines is 1. The Morgan fingerprint density at radius 3 is 2.59 bits per heavy atom. The lowest BCUT2D eigenvalue weighted by Crippen LogP contribution is -2.39. The summed E-state index contributed by atoms with van der Waals surface area (Å²) in [6, 6.07) is 3.93. The summed E-state index contributed by atoms with van der Waals surface area (Å²) in [4.78, 5) is 25.2. The average molecular weight is 229 g/mol. The van der Waals surface area contributed by atoms with Crippen molar-refractivity contribution in [1.29, 1.82) is 0 Å². The molecule has 3 heteroatoms. The van der Waals surface area contributed by atoms with E-state index in [1.165, 1.54) is 11.1 Å². The Morgan fingerprint density at radius 1 is 1.18 bits per heavy atom. The van der Waals surface area contributed by atoms with Crippen LogP contribution < -0.4 is 4.90 Å². The van der Waals surface area contributed by atoms with Crippen molar-refractivity contribution in [2.24, 2.45) is 0 Å². The zero-order chi connectivity index (χ0) is 12.0. The topological polar surface area (TPSA) is 37.4 Å². The zero-order valence-corrected chi connectivity index (χ0v) is 9.95. The summed E-state index contributed by atoms with van der Waals surface area (Å²) in [5.41, 5.74) is 4.23. The third kappa shape index (κ3) is 1.57. The predicted octanol–water partition coefficient (Wildman–Crippen LogP) is 2.11. The molecule has 3 rings (SSSR count). The summed E-state index contributed by atoms with van der Waals surface area (Å²) in [7, 11) is 0. The molecule has 1 amide bonds.